The SMILES string of the molecule is C=CCNc1nc(C)cn1C1CC1C. The van der Waals surface area contributed by atoms with Gasteiger partial charge in [-0.25, -0.2) is 4.98 Å². The molecular weight excluding hydrogens is 174 g/mol. The molecule has 0 aliphatic heterocycles. The van der Waals surface area contributed by atoms with Gasteiger partial charge in [0.1, 0.15) is 0 Å². The van der Waals surface area contributed by atoms with E-state index in [1.54, 1.807) is 0 Å². The van der Waals surface area contributed by atoms with E-state index in [0.29, 0.717) is 6.04 Å². The maximum absolute atomic E-state index is 4.45. The molecule has 2 unspecified atom stereocenters. The number of aryl methyl sites for hydroxylation is 1. The zero-order chi connectivity index (χ0) is 10.1. The first kappa shape index (κ1) is 9.31. The lowest BCUT2D eigenvalue weighted by Crippen LogP contribution is -2.06. The van der Waals surface area contributed by atoms with Gasteiger partial charge in [0.2, 0.25) is 5.95 Å². The molecule has 0 aromatic carbocycles. The first-order valence-electron chi connectivity index (χ1n) is 5.12. The van der Waals surface area contributed by atoms with E-state index in [-0.39, 0.29) is 0 Å². The normalized spacial score (nSPS) is 24.7. The quantitative estimate of drug-likeness (QED) is 0.740. The minimum absolute atomic E-state index is 0.656. The molecule has 0 saturated heterocycles. The van der Waals surface area contributed by atoms with E-state index in [0.717, 1.165) is 24.1 Å². The molecule has 1 heterocycles. The van der Waals surface area contributed by atoms with E-state index in [4.69, 9.17) is 0 Å². The molecule has 1 N–H and O–H groups in total. The van der Waals surface area contributed by atoms with Gasteiger partial charge in [0.15, 0.2) is 0 Å². The van der Waals surface area contributed by atoms with E-state index in [1.807, 2.05) is 13.0 Å². The van der Waals surface area contributed by atoms with Gasteiger partial charge in [-0.15, -0.1) is 6.58 Å². The minimum Gasteiger partial charge on any atom is -0.352 e. The van der Waals surface area contributed by atoms with Gasteiger partial charge in [-0.3, -0.25) is 0 Å². The summed E-state index contributed by atoms with van der Waals surface area (Å²) in [5.74, 6) is 1.78. The van der Waals surface area contributed by atoms with Crippen molar-refractivity contribution in [1.82, 2.24) is 9.55 Å². The standard InChI is InChI=1S/C11H17N3/c1-4-5-12-11-13-9(3)7-14(11)10-6-8(10)2/h4,7-8,10H,1,5-6H2,2-3H3,(H,12,13). The van der Waals surface area contributed by atoms with Crippen LogP contribution in [0, 0.1) is 12.8 Å². The summed E-state index contributed by atoms with van der Waals surface area (Å²) < 4.78 is 2.25. The monoisotopic (exact) mass is 191 g/mol. The number of hydrogen-bond donors (Lipinski definition) is 1. The Bertz CT molecular complexity index is 340. The van der Waals surface area contributed by atoms with Crippen molar-refractivity contribution >= 4 is 5.95 Å². The molecule has 1 aromatic rings. The number of nitrogens with zero attached hydrogens (tertiary/aromatic N) is 2. The molecule has 2 atom stereocenters. The van der Waals surface area contributed by atoms with Crippen LogP contribution >= 0.6 is 0 Å². The lowest BCUT2D eigenvalue weighted by molar-refractivity contribution is 0.690. The highest BCUT2D eigenvalue weighted by Gasteiger charge is 2.35. The first-order chi connectivity index (χ1) is 6.72. The number of nitrogens with one attached hydrogen (secondary N) is 1. The molecule has 0 radical (unpaired) electrons. The highest BCUT2D eigenvalue weighted by molar-refractivity contribution is 5.31. The Hall–Kier alpha value is -1.25. The molecule has 1 aliphatic carbocycles. The third-order valence-electron chi connectivity index (χ3n) is 2.68. The second-order valence-electron chi connectivity index (χ2n) is 4.06. The highest BCUT2D eigenvalue weighted by Crippen LogP contribution is 2.44. The Labute approximate surface area is 84.8 Å². The molecule has 3 nitrogen and oxygen atoms in total. The van der Waals surface area contributed by atoms with Crippen LogP contribution in [0.1, 0.15) is 25.1 Å². The van der Waals surface area contributed by atoms with Crippen LogP contribution in [0.4, 0.5) is 5.95 Å². The maximum atomic E-state index is 4.45. The van der Waals surface area contributed by atoms with Gasteiger partial charge in [0.05, 0.1) is 5.69 Å². The van der Waals surface area contributed by atoms with Gasteiger partial charge in [-0.05, 0) is 19.3 Å². The second kappa shape index (κ2) is 3.48. The lowest BCUT2D eigenvalue weighted by Gasteiger charge is -2.06. The van der Waals surface area contributed by atoms with Gasteiger partial charge >= 0.3 is 0 Å². The minimum atomic E-state index is 0.656. The summed E-state index contributed by atoms with van der Waals surface area (Å²) in [5.41, 5.74) is 1.08. The number of imidazole rings is 1. The van der Waals surface area contributed by atoms with Gasteiger partial charge < -0.3 is 9.88 Å². The van der Waals surface area contributed by atoms with E-state index >= 15 is 0 Å². The van der Waals surface area contributed by atoms with Gasteiger partial charge in [0, 0.05) is 18.8 Å². The third kappa shape index (κ3) is 1.67. The van der Waals surface area contributed by atoms with Crippen LogP contribution < -0.4 is 5.32 Å². The summed E-state index contributed by atoms with van der Waals surface area (Å²) >= 11 is 0. The molecule has 2 rings (SSSR count). The Kier molecular flexibility index (Phi) is 2.32. The average molecular weight is 191 g/mol. The van der Waals surface area contributed by atoms with Crippen LogP contribution in [-0.4, -0.2) is 16.1 Å². The van der Waals surface area contributed by atoms with Crippen LogP contribution in [-0.2, 0) is 0 Å². The van der Waals surface area contributed by atoms with E-state index in [2.05, 4.69) is 34.6 Å². The molecule has 14 heavy (non-hydrogen) atoms. The highest BCUT2D eigenvalue weighted by atomic mass is 15.2. The molecule has 0 spiro atoms. The van der Waals surface area contributed by atoms with Crippen molar-refractivity contribution in [2.45, 2.75) is 26.3 Å². The van der Waals surface area contributed by atoms with Gasteiger partial charge in [0.25, 0.3) is 0 Å². The summed E-state index contributed by atoms with van der Waals surface area (Å²) in [6.45, 7) is 8.77. The van der Waals surface area contributed by atoms with Crippen molar-refractivity contribution in [3.63, 3.8) is 0 Å². The fourth-order valence-corrected chi connectivity index (χ4v) is 1.75. The first-order valence-corrected chi connectivity index (χ1v) is 5.12. The largest absolute Gasteiger partial charge is 0.352 e. The summed E-state index contributed by atoms with van der Waals surface area (Å²) in [6.07, 6.45) is 5.25. The van der Waals surface area contributed by atoms with Crippen molar-refractivity contribution in [2.24, 2.45) is 5.92 Å². The number of anilines is 1. The van der Waals surface area contributed by atoms with Gasteiger partial charge in [-0.2, -0.15) is 0 Å². The van der Waals surface area contributed by atoms with Crippen LogP contribution in [0.5, 0.6) is 0 Å². The van der Waals surface area contributed by atoms with E-state index < -0.39 is 0 Å². The summed E-state index contributed by atoms with van der Waals surface area (Å²) in [7, 11) is 0. The molecule has 1 aromatic heterocycles. The topological polar surface area (TPSA) is 29.9 Å². The lowest BCUT2D eigenvalue weighted by atomic mass is 10.4. The van der Waals surface area contributed by atoms with Crippen LogP contribution in [0.15, 0.2) is 18.9 Å². The predicted octanol–water partition coefficient (Wildman–Crippen LogP) is 2.37. The number of rotatable bonds is 4. The van der Waals surface area contributed by atoms with Crippen molar-refractivity contribution in [2.75, 3.05) is 11.9 Å². The van der Waals surface area contributed by atoms with E-state index in [1.165, 1.54) is 6.42 Å². The molecule has 1 saturated carbocycles. The molecule has 0 amide bonds. The van der Waals surface area contributed by atoms with Crippen molar-refractivity contribution < 1.29 is 0 Å². The molecule has 3 heteroatoms. The smallest absolute Gasteiger partial charge is 0.203 e. The zero-order valence-corrected chi connectivity index (χ0v) is 8.83. The summed E-state index contributed by atoms with van der Waals surface area (Å²) in [6, 6.07) is 0.656. The Morgan fingerprint density at radius 1 is 1.79 bits per heavy atom. The second-order valence-corrected chi connectivity index (χ2v) is 4.06. The average Bonchev–Trinajstić information content (AvgIpc) is 2.74. The number of aromatic nitrogens is 2. The van der Waals surface area contributed by atoms with Crippen LogP contribution in [0.3, 0.4) is 0 Å². The van der Waals surface area contributed by atoms with Crippen LogP contribution in [0.25, 0.3) is 0 Å². The van der Waals surface area contributed by atoms with Gasteiger partial charge in [-0.1, -0.05) is 13.0 Å². The molecule has 1 fully saturated rings. The van der Waals surface area contributed by atoms with Crippen molar-refractivity contribution in [1.29, 1.82) is 0 Å². The summed E-state index contributed by atoms with van der Waals surface area (Å²) in [4.78, 5) is 4.45. The molecule has 1 aliphatic rings. The predicted molar refractivity (Wildman–Crippen MR) is 58.5 cm³/mol. The van der Waals surface area contributed by atoms with Crippen molar-refractivity contribution in [3.8, 4) is 0 Å². The molecular formula is C11H17N3. The fourth-order valence-electron chi connectivity index (χ4n) is 1.75. The molecule has 76 valence electrons. The Morgan fingerprint density at radius 3 is 3.07 bits per heavy atom. The fraction of sp³-hybridized carbons (Fsp3) is 0.545. The summed E-state index contributed by atoms with van der Waals surface area (Å²) in [5, 5.41) is 3.26. The maximum Gasteiger partial charge on any atom is 0.203 e. The third-order valence-corrected chi connectivity index (χ3v) is 2.68. The Balaban J connectivity index is 2.16. The molecule has 0 bridgehead atoms. The zero-order valence-electron chi connectivity index (χ0n) is 8.83. The van der Waals surface area contributed by atoms with Crippen LogP contribution in [0.2, 0.25) is 0 Å². The van der Waals surface area contributed by atoms with E-state index in [9.17, 15) is 0 Å². The number of hydrogen-bond acceptors (Lipinski definition) is 2. The Morgan fingerprint density at radius 2 is 2.50 bits per heavy atom. The van der Waals surface area contributed by atoms with Crippen molar-refractivity contribution in [3.05, 3.63) is 24.5 Å².